The van der Waals surface area contributed by atoms with Crippen molar-refractivity contribution in [1.29, 1.82) is 0 Å². The number of esters is 1. The number of benzene rings is 2. The van der Waals surface area contributed by atoms with E-state index in [0.717, 1.165) is 16.8 Å². The molecule has 1 fully saturated rings. The summed E-state index contributed by atoms with van der Waals surface area (Å²) >= 11 is 0. The molecule has 2 heterocycles. The van der Waals surface area contributed by atoms with E-state index in [2.05, 4.69) is 4.57 Å². The first kappa shape index (κ1) is 23.7. The minimum absolute atomic E-state index is 0.0160. The number of cyclic esters (lactones) is 1. The molecule has 2 atom stereocenters. The third kappa shape index (κ3) is 5.04. The molecule has 3 aromatic rings. The Balaban J connectivity index is 1.85. The number of carbonyl (C=O) groups excluding carboxylic acids is 2. The Labute approximate surface area is 200 Å². The number of nitrogens with zero attached hydrogens (tertiary/aromatic N) is 3. The molecule has 0 spiro atoms. The molecule has 7 heteroatoms. The van der Waals surface area contributed by atoms with Crippen molar-refractivity contribution in [1.82, 2.24) is 14.5 Å². The molecule has 7 nitrogen and oxygen atoms in total. The molecule has 1 aromatic heterocycles. The summed E-state index contributed by atoms with van der Waals surface area (Å²) in [5.74, 6) is -1.26. The second kappa shape index (κ2) is 9.81. The van der Waals surface area contributed by atoms with E-state index in [1.165, 1.54) is 4.90 Å². The summed E-state index contributed by atoms with van der Waals surface area (Å²) in [7, 11) is 0. The van der Waals surface area contributed by atoms with Crippen molar-refractivity contribution < 1.29 is 19.4 Å². The van der Waals surface area contributed by atoms with E-state index in [0.29, 0.717) is 12.4 Å². The topological polar surface area (TPSA) is 84.7 Å². The highest BCUT2D eigenvalue weighted by atomic mass is 16.5. The molecule has 2 aromatic carbocycles. The molecule has 0 aliphatic carbocycles. The lowest BCUT2D eigenvalue weighted by Gasteiger charge is -2.39. The average molecular weight is 462 g/mol. The molecule has 0 radical (unpaired) electrons. The van der Waals surface area contributed by atoms with Gasteiger partial charge in [-0.25, -0.2) is 9.78 Å². The first-order valence-electron chi connectivity index (χ1n) is 11.5. The monoisotopic (exact) mass is 461 g/mol. The van der Waals surface area contributed by atoms with Gasteiger partial charge in [-0.15, -0.1) is 0 Å². The zero-order valence-corrected chi connectivity index (χ0v) is 19.8. The van der Waals surface area contributed by atoms with Crippen LogP contribution >= 0.6 is 0 Å². The van der Waals surface area contributed by atoms with Crippen LogP contribution in [0.3, 0.4) is 0 Å². The Morgan fingerprint density at radius 3 is 2.32 bits per heavy atom. The van der Waals surface area contributed by atoms with Crippen molar-refractivity contribution in [3.63, 3.8) is 0 Å². The molecule has 1 amide bonds. The molecule has 1 unspecified atom stereocenters. The van der Waals surface area contributed by atoms with E-state index in [4.69, 9.17) is 9.72 Å². The summed E-state index contributed by atoms with van der Waals surface area (Å²) in [5, 5.41) is 9.81. The highest BCUT2D eigenvalue weighted by molar-refractivity contribution is 6.32. The van der Waals surface area contributed by atoms with Gasteiger partial charge >= 0.3 is 11.9 Å². The van der Waals surface area contributed by atoms with Crippen LogP contribution in [-0.4, -0.2) is 51.2 Å². The second-order valence-electron chi connectivity index (χ2n) is 9.84. The lowest BCUT2D eigenvalue weighted by atomic mass is 9.84. The summed E-state index contributed by atoms with van der Waals surface area (Å²) in [5.41, 5.74) is 2.42. The maximum Gasteiger partial charge on any atom is 0.397 e. The molecule has 1 aliphatic rings. The highest BCUT2D eigenvalue weighted by Crippen LogP contribution is 2.40. The number of hydrogen-bond donors (Lipinski definition) is 1. The number of aromatic nitrogens is 2. The van der Waals surface area contributed by atoms with Gasteiger partial charge in [0.25, 0.3) is 0 Å². The van der Waals surface area contributed by atoms with Crippen molar-refractivity contribution in [3.8, 4) is 11.3 Å². The quantitative estimate of drug-likeness (QED) is 0.447. The Kier molecular flexibility index (Phi) is 6.84. The van der Waals surface area contributed by atoms with Gasteiger partial charge in [0.15, 0.2) is 0 Å². The van der Waals surface area contributed by atoms with Crippen LogP contribution in [0.25, 0.3) is 11.3 Å². The molecular formula is C27H31N3O4. The summed E-state index contributed by atoms with van der Waals surface area (Å²) in [6, 6.07) is 19.4. The van der Waals surface area contributed by atoms with Crippen molar-refractivity contribution in [3.05, 3.63) is 78.2 Å². The summed E-state index contributed by atoms with van der Waals surface area (Å²) < 4.78 is 7.19. The standard InChI is InChI=1S/C27H31N3O4/c1-27(2,3)23(30-15-20(17-31)18-34-26(33)25(30)32)24-28-22(21-12-8-5-9-13-21)16-29(24)14-19-10-6-4-7-11-19/h4-13,16,20,23,31H,14-15,17-18H2,1-3H3/t20?,23-/m0/s1. The van der Waals surface area contributed by atoms with Gasteiger partial charge in [-0.1, -0.05) is 81.4 Å². The molecular weight excluding hydrogens is 430 g/mol. The Bertz CT molecular complexity index is 1140. The predicted octanol–water partition coefficient (Wildman–Crippen LogP) is 3.68. The molecule has 1 aliphatic heterocycles. The third-order valence-corrected chi connectivity index (χ3v) is 6.05. The van der Waals surface area contributed by atoms with Gasteiger partial charge in [-0.05, 0) is 11.0 Å². The van der Waals surface area contributed by atoms with E-state index in [9.17, 15) is 14.7 Å². The Morgan fingerprint density at radius 2 is 1.71 bits per heavy atom. The van der Waals surface area contributed by atoms with Gasteiger partial charge in [0.1, 0.15) is 5.82 Å². The van der Waals surface area contributed by atoms with Crippen LogP contribution in [0.5, 0.6) is 0 Å². The van der Waals surface area contributed by atoms with E-state index in [1.54, 1.807) is 0 Å². The minimum Gasteiger partial charge on any atom is -0.458 e. The second-order valence-corrected chi connectivity index (χ2v) is 9.84. The zero-order valence-electron chi connectivity index (χ0n) is 19.8. The Hall–Kier alpha value is -3.45. The molecule has 0 bridgehead atoms. The molecule has 0 saturated carbocycles. The maximum atomic E-state index is 13.1. The van der Waals surface area contributed by atoms with Crippen LogP contribution in [0, 0.1) is 11.3 Å². The minimum atomic E-state index is -0.894. The fourth-order valence-corrected chi connectivity index (χ4v) is 4.42. The fraction of sp³-hybridized carbons (Fsp3) is 0.370. The number of carbonyl (C=O) groups is 2. The van der Waals surface area contributed by atoms with E-state index in [1.807, 2.05) is 87.6 Å². The summed E-state index contributed by atoms with van der Waals surface area (Å²) in [6.45, 7) is 6.70. The first-order chi connectivity index (χ1) is 16.3. The molecule has 34 heavy (non-hydrogen) atoms. The number of rotatable bonds is 6. The normalized spacial score (nSPS) is 17.9. The van der Waals surface area contributed by atoms with Crippen LogP contribution in [0.15, 0.2) is 66.9 Å². The number of imidazole rings is 1. The number of aliphatic hydroxyl groups is 1. The summed E-state index contributed by atoms with van der Waals surface area (Å²) in [4.78, 5) is 32.1. The number of ether oxygens (including phenoxy) is 1. The smallest absolute Gasteiger partial charge is 0.397 e. The average Bonchev–Trinajstić information content (AvgIpc) is 3.17. The first-order valence-corrected chi connectivity index (χ1v) is 11.5. The lowest BCUT2D eigenvalue weighted by molar-refractivity contribution is -0.160. The van der Waals surface area contributed by atoms with Crippen molar-refractivity contribution in [2.75, 3.05) is 19.8 Å². The van der Waals surface area contributed by atoms with Crippen LogP contribution in [-0.2, 0) is 20.9 Å². The molecule has 1 N–H and O–H groups in total. The number of aliphatic hydroxyl groups excluding tert-OH is 1. The zero-order chi connectivity index (χ0) is 24.3. The van der Waals surface area contributed by atoms with Crippen LogP contribution < -0.4 is 0 Å². The van der Waals surface area contributed by atoms with E-state index in [-0.39, 0.29) is 25.7 Å². The van der Waals surface area contributed by atoms with Crippen LogP contribution in [0.2, 0.25) is 0 Å². The van der Waals surface area contributed by atoms with Gasteiger partial charge < -0.3 is 19.3 Å². The van der Waals surface area contributed by atoms with E-state index < -0.39 is 23.3 Å². The van der Waals surface area contributed by atoms with Crippen molar-refractivity contribution in [2.24, 2.45) is 11.3 Å². The third-order valence-electron chi connectivity index (χ3n) is 6.05. The molecule has 4 rings (SSSR count). The maximum absolute atomic E-state index is 13.1. The van der Waals surface area contributed by atoms with E-state index >= 15 is 0 Å². The Morgan fingerprint density at radius 1 is 1.06 bits per heavy atom. The number of amides is 1. The SMILES string of the molecule is CC(C)(C)[C@H](c1nc(-c2ccccc2)cn1Cc1ccccc1)N1CC(CO)COC(=O)C1=O. The summed E-state index contributed by atoms with van der Waals surface area (Å²) in [6.07, 6.45) is 2.00. The molecule has 178 valence electrons. The van der Waals surface area contributed by atoms with Gasteiger partial charge in [0, 0.05) is 30.8 Å². The molecule has 1 saturated heterocycles. The van der Waals surface area contributed by atoms with Gasteiger partial charge in [0.2, 0.25) is 0 Å². The highest BCUT2D eigenvalue weighted by Gasteiger charge is 2.43. The van der Waals surface area contributed by atoms with Crippen molar-refractivity contribution in [2.45, 2.75) is 33.4 Å². The van der Waals surface area contributed by atoms with Crippen LogP contribution in [0.1, 0.15) is 38.2 Å². The van der Waals surface area contributed by atoms with Gasteiger partial charge in [-0.3, -0.25) is 4.79 Å². The van der Waals surface area contributed by atoms with Gasteiger partial charge in [-0.2, -0.15) is 0 Å². The van der Waals surface area contributed by atoms with Crippen molar-refractivity contribution >= 4 is 11.9 Å². The fourth-order valence-electron chi connectivity index (χ4n) is 4.42. The largest absolute Gasteiger partial charge is 0.458 e. The lowest BCUT2D eigenvalue weighted by Crippen LogP contribution is -2.46. The van der Waals surface area contributed by atoms with Crippen LogP contribution in [0.4, 0.5) is 0 Å². The predicted molar refractivity (Wildman–Crippen MR) is 129 cm³/mol. The number of hydrogen-bond acceptors (Lipinski definition) is 5. The van der Waals surface area contributed by atoms with Gasteiger partial charge in [0.05, 0.1) is 24.9 Å².